The predicted molar refractivity (Wildman–Crippen MR) is 101 cm³/mol. The topological polar surface area (TPSA) is 75.8 Å². The van der Waals surface area contributed by atoms with Gasteiger partial charge in [-0.1, -0.05) is 43.3 Å². The van der Waals surface area contributed by atoms with Crippen molar-refractivity contribution in [2.75, 3.05) is 14.2 Å². The normalized spacial score (nSPS) is 12.6. The maximum Gasteiger partial charge on any atom is 0.227 e. The Bertz CT molecular complexity index is 694. The molecule has 0 spiro atoms. The molecule has 2 aromatic carbocycles. The number of aromatic hydroxyl groups is 1. The Morgan fingerprint density at radius 2 is 1.88 bits per heavy atom. The molecule has 3 N–H and O–H groups in total. The van der Waals surface area contributed by atoms with Crippen LogP contribution in [0.25, 0.3) is 0 Å². The lowest BCUT2D eigenvalue weighted by Gasteiger charge is -2.25. The minimum Gasteiger partial charge on any atom is -0.504 e. The lowest BCUT2D eigenvalue weighted by atomic mass is 9.94. The van der Waals surface area contributed by atoms with E-state index in [1.807, 2.05) is 37.3 Å². The summed E-state index contributed by atoms with van der Waals surface area (Å²) >= 11 is 0. The van der Waals surface area contributed by atoms with E-state index in [4.69, 9.17) is 10.5 Å². The summed E-state index contributed by atoms with van der Waals surface area (Å²) in [6.07, 6.45) is 0. The van der Waals surface area contributed by atoms with Crippen LogP contribution in [0.15, 0.2) is 48.5 Å². The van der Waals surface area contributed by atoms with Crippen LogP contribution in [0.5, 0.6) is 11.5 Å². The van der Waals surface area contributed by atoms with Gasteiger partial charge in [-0.3, -0.25) is 4.79 Å². The van der Waals surface area contributed by atoms with E-state index in [0.29, 0.717) is 12.3 Å². The molecule has 0 heterocycles. The molecule has 0 aliphatic carbocycles. The van der Waals surface area contributed by atoms with Crippen molar-refractivity contribution in [3.05, 3.63) is 59.7 Å². The van der Waals surface area contributed by atoms with Gasteiger partial charge in [0, 0.05) is 19.6 Å². The zero-order chi connectivity index (χ0) is 17.7. The Hall–Kier alpha value is -2.24. The lowest BCUT2D eigenvalue weighted by Crippen LogP contribution is -2.36. The van der Waals surface area contributed by atoms with Crippen LogP contribution in [0.3, 0.4) is 0 Å². The number of methoxy groups -OCH3 is 1. The quantitative estimate of drug-likeness (QED) is 0.825. The summed E-state index contributed by atoms with van der Waals surface area (Å²) in [7, 11) is 3.24. The molecule has 136 valence electrons. The molecule has 25 heavy (non-hydrogen) atoms. The number of carbonyl (C=O) groups excluding carboxylic acids is 1. The second-order valence-corrected chi connectivity index (χ2v) is 5.93. The average molecular weight is 365 g/mol. The number of hydrogen-bond donors (Lipinski definition) is 2. The first-order chi connectivity index (χ1) is 11.4. The molecule has 0 aliphatic heterocycles. The van der Waals surface area contributed by atoms with Gasteiger partial charge in [0.2, 0.25) is 5.91 Å². The third-order valence-electron chi connectivity index (χ3n) is 4.15. The zero-order valence-corrected chi connectivity index (χ0v) is 15.5. The highest BCUT2D eigenvalue weighted by Gasteiger charge is 2.25. The molecule has 6 heteroatoms. The van der Waals surface area contributed by atoms with Gasteiger partial charge in [-0.05, 0) is 23.3 Å². The van der Waals surface area contributed by atoms with Crippen LogP contribution in [-0.2, 0) is 11.3 Å². The molecule has 0 saturated carbocycles. The summed E-state index contributed by atoms with van der Waals surface area (Å²) in [5, 5.41) is 9.64. The highest BCUT2D eigenvalue weighted by atomic mass is 35.5. The molecule has 0 fully saturated rings. The van der Waals surface area contributed by atoms with Crippen LogP contribution in [0.2, 0.25) is 0 Å². The van der Waals surface area contributed by atoms with Crippen LogP contribution in [0.4, 0.5) is 0 Å². The van der Waals surface area contributed by atoms with E-state index in [1.54, 1.807) is 30.1 Å². The minimum atomic E-state index is -0.351. The van der Waals surface area contributed by atoms with E-state index in [9.17, 15) is 9.90 Å². The lowest BCUT2D eigenvalue weighted by molar-refractivity contribution is -0.134. The summed E-state index contributed by atoms with van der Waals surface area (Å²) in [5.41, 5.74) is 8.05. The second kappa shape index (κ2) is 9.30. The number of halogens is 1. The first kappa shape index (κ1) is 20.8. The number of benzene rings is 2. The summed E-state index contributed by atoms with van der Waals surface area (Å²) in [4.78, 5) is 14.3. The first-order valence-electron chi connectivity index (χ1n) is 7.85. The fraction of sp³-hybridized carbons (Fsp3) is 0.316. The van der Waals surface area contributed by atoms with Crippen LogP contribution in [0.1, 0.15) is 24.1 Å². The maximum absolute atomic E-state index is 12.6. The van der Waals surface area contributed by atoms with E-state index >= 15 is 0 Å². The highest BCUT2D eigenvalue weighted by molar-refractivity contribution is 5.85. The van der Waals surface area contributed by atoms with Gasteiger partial charge in [0.15, 0.2) is 11.5 Å². The van der Waals surface area contributed by atoms with Gasteiger partial charge in [0.1, 0.15) is 0 Å². The van der Waals surface area contributed by atoms with Crippen molar-refractivity contribution in [3.8, 4) is 11.5 Å². The molecule has 0 radical (unpaired) electrons. The van der Waals surface area contributed by atoms with Crippen LogP contribution in [-0.4, -0.2) is 30.1 Å². The summed E-state index contributed by atoms with van der Waals surface area (Å²) in [6, 6.07) is 14.3. The number of phenolic OH excluding ortho intramolecular Hbond substituents is 1. The Labute approximate surface area is 154 Å². The number of phenols is 1. The predicted octanol–water partition coefficient (Wildman–Crippen LogP) is 3.12. The van der Waals surface area contributed by atoms with Gasteiger partial charge < -0.3 is 20.5 Å². The number of ether oxygens (including phenoxy) is 1. The van der Waals surface area contributed by atoms with Crippen molar-refractivity contribution in [1.82, 2.24) is 4.90 Å². The molecule has 0 aliphatic rings. The highest BCUT2D eigenvalue weighted by Crippen LogP contribution is 2.27. The molecule has 2 unspecified atom stereocenters. The monoisotopic (exact) mass is 364 g/mol. The summed E-state index contributed by atoms with van der Waals surface area (Å²) < 4.78 is 5.10. The van der Waals surface area contributed by atoms with E-state index in [2.05, 4.69) is 0 Å². The van der Waals surface area contributed by atoms with E-state index in [0.717, 1.165) is 11.1 Å². The summed E-state index contributed by atoms with van der Waals surface area (Å²) in [5.74, 6) is 0.104. The number of amides is 1. The van der Waals surface area contributed by atoms with Crippen LogP contribution < -0.4 is 10.5 Å². The minimum absolute atomic E-state index is 0. The zero-order valence-electron chi connectivity index (χ0n) is 14.7. The number of nitrogens with zero attached hydrogens (tertiary/aromatic N) is 1. The number of carbonyl (C=O) groups is 1. The fourth-order valence-electron chi connectivity index (χ4n) is 2.64. The Morgan fingerprint density at radius 3 is 2.48 bits per heavy atom. The Kier molecular flexibility index (Phi) is 7.74. The molecular formula is C19H25ClN2O3. The summed E-state index contributed by atoms with van der Waals surface area (Å²) in [6.45, 7) is 2.26. The second-order valence-electron chi connectivity index (χ2n) is 5.93. The Morgan fingerprint density at radius 1 is 1.24 bits per heavy atom. The van der Waals surface area contributed by atoms with Crippen molar-refractivity contribution in [1.29, 1.82) is 0 Å². The van der Waals surface area contributed by atoms with Gasteiger partial charge in [-0.2, -0.15) is 0 Å². The fourth-order valence-corrected chi connectivity index (χ4v) is 2.64. The average Bonchev–Trinajstić information content (AvgIpc) is 2.62. The third-order valence-corrected chi connectivity index (χ3v) is 4.15. The molecule has 2 aromatic rings. The van der Waals surface area contributed by atoms with Crippen molar-refractivity contribution < 1.29 is 14.6 Å². The van der Waals surface area contributed by atoms with Gasteiger partial charge in [-0.25, -0.2) is 0 Å². The number of rotatable bonds is 6. The number of hydrogen-bond acceptors (Lipinski definition) is 4. The molecule has 5 nitrogen and oxygen atoms in total. The molecule has 2 rings (SSSR count). The molecule has 0 aromatic heterocycles. The SMILES string of the molecule is COc1cc(CN(C)C(=O)C(C)C(N)c2ccccc2)ccc1O.Cl. The standard InChI is InChI=1S/C19H24N2O3.ClH/c1-13(18(20)15-7-5-4-6-8-15)19(23)21(2)12-14-9-10-16(22)17(11-14)24-3;/h4-11,13,18,22H,12,20H2,1-3H3;1H. The van der Waals surface area contributed by atoms with Crippen molar-refractivity contribution >= 4 is 18.3 Å². The van der Waals surface area contributed by atoms with E-state index < -0.39 is 0 Å². The molecular weight excluding hydrogens is 340 g/mol. The largest absolute Gasteiger partial charge is 0.504 e. The van der Waals surface area contributed by atoms with Crippen molar-refractivity contribution in [2.24, 2.45) is 11.7 Å². The van der Waals surface area contributed by atoms with Crippen molar-refractivity contribution in [2.45, 2.75) is 19.5 Å². The van der Waals surface area contributed by atoms with Crippen LogP contribution >= 0.6 is 12.4 Å². The number of nitrogens with two attached hydrogens (primary N) is 1. The van der Waals surface area contributed by atoms with Gasteiger partial charge in [0.05, 0.1) is 13.0 Å². The van der Waals surface area contributed by atoms with Crippen LogP contribution in [0, 0.1) is 5.92 Å². The Balaban J connectivity index is 0.00000312. The van der Waals surface area contributed by atoms with E-state index in [-0.39, 0.29) is 36.0 Å². The van der Waals surface area contributed by atoms with Gasteiger partial charge in [0.25, 0.3) is 0 Å². The van der Waals surface area contributed by atoms with Gasteiger partial charge >= 0.3 is 0 Å². The van der Waals surface area contributed by atoms with Crippen molar-refractivity contribution in [3.63, 3.8) is 0 Å². The van der Waals surface area contributed by atoms with Gasteiger partial charge in [-0.15, -0.1) is 12.4 Å². The maximum atomic E-state index is 12.6. The molecule has 1 amide bonds. The molecule has 2 atom stereocenters. The molecule has 0 bridgehead atoms. The third kappa shape index (κ3) is 5.11. The first-order valence-corrected chi connectivity index (χ1v) is 7.85. The smallest absolute Gasteiger partial charge is 0.227 e. The van der Waals surface area contributed by atoms with E-state index in [1.165, 1.54) is 7.11 Å². The molecule has 0 saturated heterocycles.